The molecule has 0 bridgehead atoms. The summed E-state index contributed by atoms with van der Waals surface area (Å²) in [5, 5.41) is 15.6. The van der Waals surface area contributed by atoms with Gasteiger partial charge in [-0.2, -0.15) is 0 Å². The number of rotatable bonds is 12. The molecule has 0 radical (unpaired) electrons. The molecule has 0 spiro atoms. The topological polar surface area (TPSA) is 117 Å². The lowest BCUT2D eigenvalue weighted by molar-refractivity contribution is -0.134. The van der Waals surface area contributed by atoms with Gasteiger partial charge in [0.05, 0.1) is 12.2 Å². The molecule has 0 saturated carbocycles. The molecule has 33 heavy (non-hydrogen) atoms. The van der Waals surface area contributed by atoms with Gasteiger partial charge in [-0.05, 0) is 69.9 Å². The Morgan fingerprint density at radius 3 is 2.15 bits per heavy atom. The number of carboxylic acids is 2. The van der Waals surface area contributed by atoms with Gasteiger partial charge in [0.1, 0.15) is 5.82 Å². The zero-order chi connectivity index (χ0) is 24.6. The van der Waals surface area contributed by atoms with Crippen molar-refractivity contribution in [2.24, 2.45) is 0 Å². The maximum absolute atomic E-state index is 13.0. The molecule has 2 rings (SSSR count). The average Bonchev–Trinajstić information content (AvgIpc) is 2.77. The molecule has 0 atom stereocenters. The summed E-state index contributed by atoms with van der Waals surface area (Å²) in [4.78, 5) is 38.0. The number of carbonyl (C=O) groups excluding carboxylic acids is 1. The standard InChI is InChI=1S/C20H25FN2O2.C4H4O4/c1-23(2)14-5-3-4-6-15-25-20-18(8-7-13-22-20)19(24)16-9-11-17(21)12-10-16;5-3(6)1-2-4(7)8/h7-13H,3-6,14-15H2,1-2H3;1-2H,(H,5,6)(H,7,8). The Hall–Kier alpha value is -3.59. The van der Waals surface area contributed by atoms with Crippen molar-refractivity contribution >= 4 is 17.7 Å². The van der Waals surface area contributed by atoms with Gasteiger partial charge in [0.25, 0.3) is 0 Å². The number of pyridine rings is 1. The summed E-state index contributed by atoms with van der Waals surface area (Å²) in [6, 6.07) is 8.88. The first-order valence-corrected chi connectivity index (χ1v) is 10.4. The second-order valence-electron chi connectivity index (χ2n) is 7.27. The number of carbonyl (C=O) groups is 3. The largest absolute Gasteiger partial charge is 0.478 e. The minimum Gasteiger partial charge on any atom is -0.478 e. The van der Waals surface area contributed by atoms with E-state index in [1.165, 1.54) is 30.7 Å². The Bertz CT molecular complexity index is 913. The van der Waals surface area contributed by atoms with Crippen molar-refractivity contribution in [3.05, 3.63) is 71.7 Å². The molecule has 1 aromatic carbocycles. The zero-order valence-electron chi connectivity index (χ0n) is 18.7. The van der Waals surface area contributed by atoms with Gasteiger partial charge in [0.15, 0.2) is 5.78 Å². The molecule has 9 heteroatoms. The molecule has 8 nitrogen and oxygen atoms in total. The van der Waals surface area contributed by atoms with Crippen LogP contribution in [0.4, 0.5) is 4.39 Å². The highest BCUT2D eigenvalue weighted by molar-refractivity contribution is 6.10. The van der Waals surface area contributed by atoms with Gasteiger partial charge in [0.2, 0.25) is 5.88 Å². The smallest absolute Gasteiger partial charge is 0.328 e. The normalized spacial score (nSPS) is 10.5. The van der Waals surface area contributed by atoms with Gasteiger partial charge in [-0.1, -0.05) is 12.8 Å². The molecule has 178 valence electrons. The quantitative estimate of drug-likeness (QED) is 0.280. The number of hydrogen-bond donors (Lipinski definition) is 2. The molecule has 0 aliphatic carbocycles. The molecular weight excluding hydrogens is 431 g/mol. The van der Waals surface area contributed by atoms with Crippen molar-refractivity contribution in [2.45, 2.75) is 25.7 Å². The van der Waals surface area contributed by atoms with Gasteiger partial charge in [-0.15, -0.1) is 0 Å². The Balaban J connectivity index is 0.000000582. The lowest BCUT2D eigenvalue weighted by atomic mass is 10.0. The van der Waals surface area contributed by atoms with E-state index < -0.39 is 11.9 Å². The van der Waals surface area contributed by atoms with E-state index in [4.69, 9.17) is 14.9 Å². The van der Waals surface area contributed by atoms with Crippen LogP contribution in [-0.4, -0.2) is 65.1 Å². The van der Waals surface area contributed by atoms with E-state index in [9.17, 15) is 18.8 Å². The third-order valence-electron chi connectivity index (χ3n) is 4.23. The summed E-state index contributed by atoms with van der Waals surface area (Å²) in [5.41, 5.74) is 0.824. The first-order valence-electron chi connectivity index (χ1n) is 10.4. The summed E-state index contributed by atoms with van der Waals surface area (Å²) in [5.74, 6) is -2.76. The van der Waals surface area contributed by atoms with Crippen LogP contribution in [-0.2, 0) is 9.59 Å². The number of unbranched alkanes of at least 4 members (excludes halogenated alkanes) is 3. The second kappa shape index (κ2) is 15.3. The highest BCUT2D eigenvalue weighted by Gasteiger charge is 2.15. The van der Waals surface area contributed by atoms with Gasteiger partial charge >= 0.3 is 11.9 Å². The number of aromatic nitrogens is 1. The Morgan fingerprint density at radius 2 is 1.58 bits per heavy atom. The summed E-state index contributed by atoms with van der Waals surface area (Å²) in [6.07, 6.45) is 7.06. The minimum absolute atomic E-state index is 0.214. The number of halogens is 1. The number of nitrogens with zero attached hydrogens (tertiary/aromatic N) is 2. The molecule has 0 unspecified atom stereocenters. The van der Waals surface area contributed by atoms with E-state index in [2.05, 4.69) is 24.0 Å². The summed E-state index contributed by atoms with van der Waals surface area (Å²) in [7, 11) is 4.15. The molecule has 1 heterocycles. The SMILES string of the molecule is CN(C)CCCCCCOc1ncccc1C(=O)c1ccc(F)cc1.O=C(O)C=CC(=O)O. The lowest BCUT2D eigenvalue weighted by Crippen LogP contribution is -2.12. The highest BCUT2D eigenvalue weighted by atomic mass is 19.1. The monoisotopic (exact) mass is 460 g/mol. The van der Waals surface area contributed by atoms with Crippen LogP contribution in [0.5, 0.6) is 5.88 Å². The molecule has 0 amide bonds. The van der Waals surface area contributed by atoms with E-state index in [0.717, 1.165) is 25.8 Å². The molecular formula is C24H29FN2O6. The fourth-order valence-corrected chi connectivity index (χ4v) is 2.63. The first kappa shape index (κ1) is 27.4. The minimum atomic E-state index is -1.26. The summed E-state index contributed by atoms with van der Waals surface area (Å²) >= 11 is 0. The third kappa shape index (κ3) is 12.1. The van der Waals surface area contributed by atoms with Crippen molar-refractivity contribution in [1.29, 1.82) is 0 Å². The van der Waals surface area contributed by atoms with Gasteiger partial charge in [-0.25, -0.2) is 19.0 Å². The molecule has 1 aromatic heterocycles. The first-order chi connectivity index (χ1) is 15.7. The van der Waals surface area contributed by atoms with Crippen LogP contribution in [0.1, 0.15) is 41.6 Å². The van der Waals surface area contributed by atoms with E-state index >= 15 is 0 Å². The number of carboxylic acid groups (broad SMARTS) is 2. The molecule has 2 aromatic rings. The van der Waals surface area contributed by atoms with Gasteiger partial charge in [0, 0.05) is 23.9 Å². The van der Waals surface area contributed by atoms with Crippen LogP contribution in [0.3, 0.4) is 0 Å². The Labute approximate surface area is 192 Å². The fraction of sp³-hybridized carbons (Fsp3) is 0.333. The fourth-order valence-electron chi connectivity index (χ4n) is 2.63. The van der Waals surface area contributed by atoms with Crippen LogP contribution in [0.25, 0.3) is 0 Å². The molecule has 0 aliphatic rings. The number of aliphatic carboxylic acids is 2. The van der Waals surface area contributed by atoms with E-state index in [1.54, 1.807) is 18.3 Å². The summed E-state index contributed by atoms with van der Waals surface area (Å²) in [6.45, 7) is 1.63. The predicted molar refractivity (Wildman–Crippen MR) is 121 cm³/mol. The predicted octanol–water partition coefficient (Wildman–Crippen LogP) is 3.66. The molecule has 0 fully saturated rings. The Morgan fingerprint density at radius 1 is 0.970 bits per heavy atom. The van der Waals surface area contributed by atoms with Crippen LogP contribution in [0.15, 0.2) is 54.7 Å². The van der Waals surface area contributed by atoms with Crippen molar-refractivity contribution in [2.75, 3.05) is 27.2 Å². The van der Waals surface area contributed by atoms with E-state index in [-0.39, 0.29) is 11.6 Å². The van der Waals surface area contributed by atoms with Gasteiger partial charge in [-0.3, -0.25) is 4.79 Å². The molecule has 2 N–H and O–H groups in total. The molecule has 0 aliphatic heterocycles. The van der Waals surface area contributed by atoms with Crippen LogP contribution in [0.2, 0.25) is 0 Å². The number of ether oxygens (including phenoxy) is 1. The maximum Gasteiger partial charge on any atom is 0.328 e. The van der Waals surface area contributed by atoms with Crippen LogP contribution >= 0.6 is 0 Å². The average molecular weight is 461 g/mol. The lowest BCUT2D eigenvalue weighted by Gasteiger charge is -2.10. The Kier molecular flexibility index (Phi) is 12.7. The zero-order valence-corrected chi connectivity index (χ0v) is 18.7. The van der Waals surface area contributed by atoms with Crippen LogP contribution < -0.4 is 4.74 Å². The van der Waals surface area contributed by atoms with Gasteiger partial charge < -0.3 is 19.8 Å². The van der Waals surface area contributed by atoms with Crippen LogP contribution in [0, 0.1) is 5.82 Å². The highest BCUT2D eigenvalue weighted by Crippen LogP contribution is 2.19. The van der Waals surface area contributed by atoms with Crippen molar-refractivity contribution in [3.8, 4) is 5.88 Å². The van der Waals surface area contributed by atoms with Crippen molar-refractivity contribution in [3.63, 3.8) is 0 Å². The van der Waals surface area contributed by atoms with E-state index in [0.29, 0.717) is 35.8 Å². The summed E-state index contributed by atoms with van der Waals surface area (Å²) < 4.78 is 18.7. The number of benzene rings is 1. The van der Waals surface area contributed by atoms with Crippen molar-refractivity contribution < 1.29 is 33.7 Å². The van der Waals surface area contributed by atoms with Crippen molar-refractivity contribution in [1.82, 2.24) is 9.88 Å². The number of hydrogen-bond acceptors (Lipinski definition) is 6. The molecule has 0 saturated heterocycles. The second-order valence-corrected chi connectivity index (χ2v) is 7.27. The maximum atomic E-state index is 13.0. The van der Waals surface area contributed by atoms with E-state index in [1.807, 2.05) is 0 Å². The third-order valence-corrected chi connectivity index (χ3v) is 4.23. The number of ketones is 1.